The largest absolute Gasteiger partial charge is 0.371 e. The topological polar surface area (TPSA) is 94.3 Å². The number of carbonyl (C=O) groups is 2. The third-order valence-electron chi connectivity index (χ3n) is 4.07. The Labute approximate surface area is 166 Å². The number of halogens is 3. The number of primary amides is 1. The molecule has 27 heavy (non-hydrogen) atoms. The number of hydrogen-bond donors (Lipinski definition) is 2. The van der Waals surface area contributed by atoms with Crippen molar-refractivity contribution in [2.75, 3.05) is 19.7 Å². The second-order valence-electron chi connectivity index (χ2n) is 5.95. The van der Waals surface area contributed by atoms with E-state index in [4.69, 9.17) is 22.1 Å². The zero-order valence-corrected chi connectivity index (χ0v) is 15.8. The first-order chi connectivity index (χ1) is 12.4. The molecule has 1 amide bonds. The molecule has 1 aromatic heterocycles. The highest BCUT2D eigenvalue weighted by Gasteiger charge is 2.20. The fraction of sp³-hybridized carbons (Fsp3) is 0.278. The van der Waals surface area contributed by atoms with E-state index in [1.165, 1.54) is 18.2 Å². The highest BCUT2D eigenvalue weighted by atomic mass is 35.5. The van der Waals surface area contributed by atoms with Gasteiger partial charge in [0.1, 0.15) is 16.7 Å². The summed E-state index contributed by atoms with van der Waals surface area (Å²) in [7, 11) is 0. The average Bonchev–Trinajstić information content (AvgIpc) is 2.62. The quantitative estimate of drug-likeness (QED) is 0.579. The zero-order valence-electron chi connectivity index (χ0n) is 14.2. The molecule has 1 fully saturated rings. The number of rotatable bonds is 5. The number of carbonyl (C=O) groups excluding carboxylic acids is 2. The first kappa shape index (κ1) is 21.2. The van der Waals surface area contributed by atoms with E-state index in [1.54, 1.807) is 12.1 Å². The molecule has 0 spiro atoms. The van der Waals surface area contributed by atoms with Gasteiger partial charge in [-0.15, -0.1) is 12.4 Å². The minimum absolute atomic E-state index is 0. The van der Waals surface area contributed by atoms with E-state index in [-0.39, 0.29) is 47.1 Å². The van der Waals surface area contributed by atoms with Crippen LogP contribution in [0.15, 0.2) is 30.3 Å². The number of hydrogen-bond acceptors (Lipinski definition) is 5. The van der Waals surface area contributed by atoms with Crippen molar-refractivity contribution in [2.24, 2.45) is 5.73 Å². The average molecular weight is 414 g/mol. The molecule has 2 aromatic rings. The van der Waals surface area contributed by atoms with Crippen LogP contribution in [0.25, 0.3) is 0 Å². The smallest absolute Gasteiger partial charge is 0.267 e. The van der Waals surface area contributed by atoms with Gasteiger partial charge in [-0.2, -0.15) is 0 Å². The third-order valence-corrected chi connectivity index (χ3v) is 4.27. The van der Waals surface area contributed by atoms with Crippen molar-refractivity contribution in [1.29, 1.82) is 0 Å². The van der Waals surface area contributed by atoms with Crippen LogP contribution < -0.4 is 11.1 Å². The number of nitrogens with one attached hydrogen (secondary N) is 1. The number of amides is 1. The van der Waals surface area contributed by atoms with Crippen LogP contribution in [0.3, 0.4) is 0 Å². The van der Waals surface area contributed by atoms with Gasteiger partial charge < -0.3 is 15.8 Å². The molecule has 0 aliphatic carbocycles. The molecular weight excluding hydrogens is 396 g/mol. The van der Waals surface area contributed by atoms with Crippen LogP contribution in [-0.2, 0) is 11.2 Å². The number of nitrogens with two attached hydrogens (primary N) is 1. The Balaban J connectivity index is 0.00000261. The molecule has 9 heteroatoms. The molecule has 0 unspecified atom stereocenters. The van der Waals surface area contributed by atoms with Crippen LogP contribution >= 0.6 is 24.0 Å². The van der Waals surface area contributed by atoms with E-state index in [9.17, 15) is 14.0 Å². The maximum atomic E-state index is 14.4. The van der Waals surface area contributed by atoms with Crippen molar-refractivity contribution in [1.82, 2.24) is 10.3 Å². The molecule has 2 heterocycles. The van der Waals surface area contributed by atoms with Crippen molar-refractivity contribution in [3.63, 3.8) is 0 Å². The van der Waals surface area contributed by atoms with E-state index >= 15 is 0 Å². The summed E-state index contributed by atoms with van der Waals surface area (Å²) >= 11 is 5.82. The number of morpholine rings is 1. The lowest BCUT2D eigenvalue weighted by molar-refractivity contribution is 0.0255. The number of ketones is 1. The Morgan fingerprint density at radius 2 is 2.11 bits per heavy atom. The second-order valence-corrected chi connectivity index (χ2v) is 6.33. The minimum atomic E-state index is -0.780. The summed E-state index contributed by atoms with van der Waals surface area (Å²) in [5.74, 6) is -1.52. The van der Waals surface area contributed by atoms with Crippen LogP contribution in [-0.4, -0.2) is 36.4 Å². The monoisotopic (exact) mass is 413 g/mol. The van der Waals surface area contributed by atoms with Crippen LogP contribution in [0, 0.1) is 5.82 Å². The van der Waals surface area contributed by atoms with Crippen molar-refractivity contribution in [3.8, 4) is 0 Å². The molecule has 1 atom stereocenters. The standard InChI is InChI=1S/C18H17ClFN3O3.ClH/c19-17-8-11(7-14(23-17)18(21)25)15(24)6-10-1-2-12(13(20)5-10)16-9-22-3-4-26-16;/h1-2,5,7-8,16,22H,3-4,6,9H2,(H2,21,25);1H/t16-;/m1./s1. The number of benzene rings is 1. The summed E-state index contributed by atoms with van der Waals surface area (Å²) in [6, 6.07) is 7.27. The van der Waals surface area contributed by atoms with Gasteiger partial charge >= 0.3 is 0 Å². The lowest BCUT2D eigenvalue weighted by atomic mass is 9.99. The zero-order chi connectivity index (χ0) is 18.7. The van der Waals surface area contributed by atoms with Gasteiger partial charge in [-0.05, 0) is 23.8 Å². The number of ether oxygens (including phenoxy) is 1. The van der Waals surface area contributed by atoms with Crippen LogP contribution in [0.1, 0.15) is 38.1 Å². The first-order valence-corrected chi connectivity index (χ1v) is 8.43. The Hall–Kier alpha value is -2.06. The molecule has 144 valence electrons. The van der Waals surface area contributed by atoms with Crippen LogP contribution in [0.5, 0.6) is 0 Å². The van der Waals surface area contributed by atoms with E-state index in [2.05, 4.69) is 10.3 Å². The van der Waals surface area contributed by atoms with E-state index in [0.29, 0.717) is 24.3 Å². The van der Waals surface area contributed by atoms with Gasteiger partial charge in [-0.1, -0.05) is 23.7 Å². The molecule has 6 nitrogen and oxygen atoms in total. The number of nitrogens with zero attached hydrogens (tertiary/aromatic N) is 1. The fourth-order valence-electron chi connectivity index (χ4n) is 2.78. The molecular formula is C18H18Cl2FN3O3. The molecule has 3 N–H and O–H groups in total. The minimum Gasteiger partial charge on any atom is -0.371 e. The maximum absolute atomic E-state index is 14.4. The first-order valence-electron chi connectivity index (χ1n) is 8.05. The Morgan fingerprint density at radius 1 is 1.33 bits per heavy atom. The van der Waals surface area contributed by atoms with Gasteiger partial charge in [0.15, 0.2) is 5.78 Å². The predicted molar refractivity (Wildman–Crippen MR) is 101 cm³/mol. The van der Waals surface area contributed by atoms with Crippen molar-refractivity contribution in [2.45, 2.75) is 12.5 Å². The fourth-order valence-corrected chi connectivity index (χ4v) is 2.99. The summed E-state index contributed by atoms with van der Waals surface area (Å²) < 4.78 is 20.0. The molecule has 1 aliphatic rings. The molecule has 0 saturated carbocycles. The van der Waals surface area contributed by atoms with Crippen molar-refractivity contribution >= 4 is 35.7 Å². The van der Waals surface area contributed by atoms with Crippen molar-refractivity contribution < 1.29 is 18.7 Å². The summed E-state index contributed by atoms with van der Waals surface area (Å²) in [6.45, 7) is 1.81. The Bertz CT molecular complexity index is 858. The normalized spacial score (nSPS) is 16.4. The molecule has 3 rings (SSSR count). The number of aromatic nitrogens is 1. The molecule has 0 bridgehead atoms. The van der Waals surface area contributed by atoms with Crippen LogP contribution in [0.2, 0.25) is 5.15 Å². The van der Waals surface area contributed by atoms with Gasteiger partial charge in [0, 0.05) is 30.6 Å². The second kappa shape index (κ2) is 9.23. The lowest BCUT2D eigenvalue weighted by Crippen LogP contribution is -2.33. The summed E-state index contributed by atoms with van der Waals surface area (Å²) in [5.41, 5.74) is 6.24. The van der Waals surface area contributed by atoms with Gasteiger partial charge in [0.25, 0.3) is 5.91 Å². The van der Waals surface area contributed by atoms with Crippen LogP contribution in [0.4, 0.5) is 4.39 Å². The summed E-state index contributed by atoms with van der Waals surface area (Å²) in [4.78, 5) is 27.4. The summed E-state index contributed by atoms with van der Waals surface area (Å²) in [6.07, 6.45) is -0.384. The summed E-state index contributed by atoms with van der Waals surface area (Å²) in [5, 5.41) is 3.14. The molecule has 0 radical (unpaired) electrons. The Kier molecular flexibility index (Phi) is 7.26. The van der Waals surface area contributed by atoms with Gasteiger partial charge in [-0.3, -0.25) is 9.59 Å². The highest BCUT2D eigenvalue weighted by molar-refractivity contribution is 6.30. The van der Waals surface area contributed by atoms with Gasteiger partial charge in [0.2, 0.25) is 0 Å². The third kappa shape index (κ3) is 5.23. The number of pyridine rings is 1. The number of Topliss-reactive ketones (excluding diaryl/α,β-unsaturated/α-hetero) is 1. The van der Waals surface area contributed by atoms with Gasteiger partial charge in [0.05, 0.1) is 12.7 Å². The lowest BCUT2D eigenvalue weighted by Gasteiger charge is -2.24. The highest BCUT2D eigenvalue weighted by Crippen LogP contribution is 2.23. The molecule has 1 aromatic carbocycles. The SMILES string of the molecule is Cl.NC(=O)c1cc(C(=O)Cc2ccc([C@H]3CNCCO3)c(F)c2)cc(Cl)n1. The van der Waals surface area contributed by atoms with Crippen molar-refractivity contribution in [3.05, 3.63) is 63.7 Å². The van der Waals surface area contributed by atoms with E-state index < -0.39 is 11.7 Å². The molecule has 1 saturated heterocycles. The van der Waals surface area contributed by atoms with E-state index in [0.717, 1.165) is 6.54 Å². The molecule has 1 aliphatic heterocycles. The van der Waals surface area contributed by atoms with Gasteiger partial charge in [-0.25, -0.2) is 9.37 Å². The predicted octanol–water partition coefficient (Wildman–Crippen LogP) is 2.48. The van der Waals surface area contributed by atoms with E-state index in [1.807, 2.05) is 0 Å². The Morgan fingerprint density at radius 3 is 2.74 bits per heavy atom. The maximum Gasteiger partial charge on any atom is 0.267 e.